The summed E-state index contributed by atoms with van der Waals surface area (Å²) in [6.45, 7) is 10.2. The molecule has 0 saturated carbocycles. The molecule has 1 aromatic carbocycles. The van der Waals surface area contributed by atoms with Crippen LogP contribution in [0.1, 0.15) is 44.7 Å². The third kappa shape index (κ3) is 6.29. The number of aromatic nitrogens is 3. The Balaban J connectivity index is 1.69. The number of hydrogen-bond acceptors (Lipinski definition) is 7. The molecule has 1 aliphatic heterocycles. The van der Waals surface area contributed by atoms with Gasteiger partial charge in [-0.25, -0.2) is 4.98 Å². The fourth-order valence-corrected chi connectivity index (χ4v) is 5.01. The number of fused-ring (bicyclic) bond motifs is 1. The van der Waals surface area contributed by atoms with E-state index in [-0.39, 0.29) is 11.7 Å². The normalized spacial score (nSPS) is 17.8. The predicted molar refractivity (Wildman–Crippen MR) is 144 cm³/mol. The molecular formula is C28H39N5O4. The fraction of sp³-hybridized carbons (Fsp3) is 0.536. The number of esters is 1. The summed E-state index contributed by atoms with van der Waals surface area (Å²) < 4.78 is 9.18. The highest BCUT2D eigenvalue weighted by Gasteiger charge is 2.26. The van der Waals surface area contributed by atoms with Gasteiger partial charge in [-0.15, -0.1) is 0 Å². The number of piperidine rings is 1. The zero-order valence-corrected chi connectivity index (χ0v) is 22.5. The van der Waals surface area contributed by atoms with E-state index in [1.54, 1.807) is 32.4 Å². The Hall–Kier alpha value is -3.01. The molecule has 3 heterocycles. The van der Waals surface area contributed by atoms with Crippen LogP contribution in [0, 0.1) is 12.8 Å². The third-order valence-corrected chi connectivity index (χ3v) is 6.89. The van der Waals surface area contributed by atoms with Crippen LogP contribution < -0.4 is 16.2 Å². The molecule has 0 radical (unpaired) electrons. The molecule has 200 valence electrons. The van der Waals surface area contributed by atoms with Gasteiger partial charge in [-0.3, -0.25) is 14.9 Å². The van der Waals surface area contributed by atoms with Gasteiger partial charge in [0, 0.05) is 37.5 Å². The number of nitrogens with one attached hydrogen (secondary N) is 2. The lowest BCUT2D eigenvalue weighted by Gasteiger charge is -2.24. The smallest absolute Gasteiger partial charge is 0.326 e. The van der Waals surface area contributed by atoms with E-state index < -0.39 is 18.1 Å². The van der Waals surface area contributed by atoms with Crippen molar-refractivity contribution in [3.63, 3.8) is 0 Å². The van der Waals surface area contributed by atoms with Crippen LogP contribution in [0.25, 0.3) is 22.4 Å². The van der Waals surface area contributed by atoms with Crippen LogP contribution in [0.3, 0.4) is 0 Å². The van der Waals surface area contributed by atoms with E-state index in [4.69, 9.17) is 9.72 Å². The summed E-state index contributed by atoms with van der Waals surface area (Å²) in [7, 11) is 1.77. The number of ether oxygens (including phenoxy) is 1. The lowest BCUT2D eigenvalue weighted by molar-refractivity contribution is -0.152. The monoisotopic (exact) mass is 509 g/mol. The molecule has 0 aliphatic carbocycles. The molecule has 37 heavy (non-hydrogen) atoms. The molecule has 9 nitrogen and oxygen atoms in total. The predicted octanol–water partition coefficient (Wildman–Crippen LogP) is 2.50. The Morgan fingerprint density at radius 3 is 2.73 bits per heavy atom. The molecule has 1 saturated heterocycles. The van der Waals surface area contributed by atoms with E-state index in [1.165, 1.54) is 0 Å². The highest BCUT2D eigenvalue weighted by molar-refractivity contribution is 5.81. The Morgan fingerprint density at radius 1 is 1.30 bits per heavy atom. The van der Waals surface area contributed by atoms with E-state index in [0.29, 0.717) is 18.0 Å². The van der Waals surface area contributed by atoms with Crippen LogP contribution in [-0.2, 0) is 29.7 Å². The number of pyridine rings is 1. The minimum Gasteiger partial charge on any atom is -0.462 e. The van der Waals surface area contributed by atoms with Crippen molar-refractivity contribution >= 4 is 17.0 Å². The summed E-state index contributed by atoms with van der Waals surface area (Å²) in [4.78, 5) is 29.8. The molecule has 4 rings (SSSR count). The Labute approximate surface area is 217 Å². The maximum absolute atomic E-state index is 12.5. The molecule has 2 aromatic heterocycles. The van der Waals surface area contributed by atoms with Crippen LogP contribution in [0.15, 0.2) is 35.3 Å². The van der Waals surface area contributed by atoms with Crippen molar-refractivity contribution in [3.05, 3.63) is 51.9 Å². The van der Waals surface area contributed by atoms with Crippen molar-refractivity contribution in [1.82, 2.24) is 24.8 Å². The largest absolute Gasteiger partial charge is 0.462 e. The van der Waals surface area contributed by atoms with Gasteiger partial charge in [0.1, 0.15) is 11.9 Å². The van der Waals surface area contributed by atoms with Gasteiger partial charge in [-0.1, -0.05) is 6.07 Å². The first-order chi connectivity index (χ1) is 17.6. The molecule has 1 aliphatic rings. The third-order valence-electron chi connectivity index (χ3n) is 6.89. The number of rotatable bonds is 9. The Kier molecular flexibility index (Phi) is 8.46. The first-order valence-corrected chi connectivity index (χ1v) is 13.1. The molecule has 9 heteroatoms. The van der Waals surface area contributed by atoms with Crippen LogP contribution >= 0.6 is 0 Å². The van der Waals surface area contributed by atoms with E-state index in [1.807, 2.05) is 31.3 Å². The summed E-state index contributed by atoms with van der Waals surface area (Å²) >= 11 is 0. The molecule has 0 spiro atoms. The maximum Gasteiger partial charge on any atom is 0.326 e. The van der Waals surface area contributed by atoms with Crippen LogP contribution in [-0.4, -0.2) is 56.5 Å². The number of carbonyl (C=O) groups excluding carboxylic acids is 1. The molecular weight excluding hydrogens is 470 g/mol. The van der Waals surface area contributed by atoms with Crippen molar-refractivity contribution in [2.45, 2.75) is 71.9 Å². The summed E-state index contributed by atoms with van der Waals surface area (Å²) in [5.41, 5.74) is 4.43. The Morgan fingerprint density at radius 2 is 2.08 bits per heavy atom. The number of nitrogens with zero attached hydrogens (tertiary/aromatic N) is 3. The Bertz CT molecular complexity index is 1280. The highest BCUT2D eigenvalue weighted by Crippen LogP contribution is 2.28. The molecule has 3 aromatic rings. The van der Waals surface area contributed by atoms with Crippen LogP contribution in [0.5, 0.6) is 0 Å². The number of imidazole rings is 1. The molecule has 1 fully saturated rings. The summed E-state index contributed by atoms with van der Waals surface area (Å²) in [6.07, 6.45) is 3.00. The van der Waals surface area contributed by atoms with E-state index >= 15 is 0 Å². The summed E-state index contributed by atoms with van der Waals surface area (Å²) in [6, 6.07) is 7.16. The SMILES string of the molecule is Cc1cc(-c2nc3ccc(CN[C@H](C(=O)OC(C)C)[C@@H](C)O)cc3n2CC2CCCNC2)cn(C)c1=O. The second-order valence-electron chi connectivity index (χ2n) is 10.5. The van der Waals surface area contributed by atoms with Gasteiger partial charge in [0.05, 0.1) is 23.2 Å². The molecule has 1 unspecified atom stereocenters. The maximum atomic E-state index is 12.5. The van der Waals surface area contributed by atoms with Gasteiger partial charge in [0.2, 0.25) is 0 Å². The average Bonchev–Trinajstić information content (AvgIpc) is 3.20. The van der Waals surface area contributed by atoms with Crippen molar-refractivity contribution in [2.75, 3.05) is 13.1 Å². The van der Waals surface area contributed by atoms with E-state index in [0.717, 1.165) is 60.5 Å². The quantitative estimate of drug-likeness (QED) is 0.380. The lowest BCUT2D eigenvalue weighted by atomic mass is 9.99. The summed E-state index contributed by atoms with van der Waals surface area (Å²) in [5.74, 6) is 0.853. The van der Waals surface area contributed by atoms with Gasteiger partial charge >= 0.3 is 5.97 Å². The van der Waals surface area contributed by atoms with Gasteiger partial charge in [0.25, 0.3) is 5.56 Å². The zero-order chi connectivity index (χ0) is 26.7. The van der Waals surface area contributed by atoms with Gasteiger partial charge in [-0.05, 0) is 83.3 Å². The zero-order valence-electron chi connectivity index (χ0n) is 22.5. The van der Waals surface area contributed by atoms with Crippen molar-refractivity contribution in [2.24, 2.45) is 13.0 Å². The van der Waals surface area contributed by atoms with Crippen molar-refractivity contribution in [1.29, 1.82) is 0 Å². The molecule has 0 amide bonds. The number of benzene rings is 1. The number of aryl methyl sites for hydroxylation is 2. The summed E-state index contributed by atoms with van der Waals surface area (Å²) in [5, 5.41) is 16.8. The average molecular weight is 510 g/mol. The lowest BCUT2D eigenvalue weighted by Crippen LogP contribution is -2.46. The van der Waals surface area contributed by atoms with Gasteiger partial charge in [0.15, 0.2) is 0 Å². The van der Waals surface area contributed by atoms with Gasteiger partial charge < -0.3 is 24.3 Å². The van der Waals surface area contributed by atoms with Crippen LogP contribution in [0.4, 0.5) is 0 Å². The van der Waals surface area contributed by atoms with E-state index in [2.05, 4.69) is 21.3 Å². The minimum absolute atomic E-state index is 0.0140. The number of aliphatic hydroxyl groups is 1. The molecule has 3 atom stereocenters. The topological polar surface area (TPSA) is 110 Å². The van der Waals surface area contributed by atoms with Crippen molar-refractivity contribution < 1.29 is 14.6 Å². The van der Waals surface area contributed by atoms with E-state index in [9.17, 15) is 14.7 Å². The standard InChI is InChI=1S/C28H39N5O4/c1-17(2)37-28(36)25(19(4)34)30-14-20-8-9-23-24(12-20)33(15-21-7-6-10-29-13-21)26(31-23)22-11-18(3)27(35)32(5)16-22/h8-9,11-12,16-17,19,21,25,29-30,34H,6-7,10,13-15H2,1-5H3/t19-,21?,25+/m1/s1. The second kappa shape index (κ2) is 11.6. The fourth-order valence-electron chi connectivity index (χ4n) is 5.01. The van der Waals surface area contributed by atoms with Crippen molar-refractivity contribution in [3.8, 4) is 11.4 Å². The second-order valence-corrected chi connectivity index (χ2v) is 10.5. The number of aliphatic hydroxyl groups excluding tert-OH is 1. The number of hydrogen-bond donors (Lipinski definition) is 3. The van der Waals surface area contributed by atoms with Crippen LogP contribution in [0.2, 0.25) is 0 Å². The molecule has 3 N–H and O–H groups in total. The molecule has 0 bridgehead atoms. The highest BCUT2D eigenvalue weighted by atomic mass is 16.5. The number of carbonyl (C=O) groups is 1. The minimum atomic E-state index is -0.890. The first kappa shape index (κ1) is 27.0. The first-order valence-electron chi connectivity index (χ1n) is 13.1. The van der Waals surface area contributed by atoms with Gasteiger partial charge in [-0.2, -0.15) is 0 Å².